The third-order valence-corrected chi connectivity index (χ3v) is 5.42. The van der Waals surface area contributed by atoms with Crippen molar-refractivity contribution in [3.05, 3.63) is 59.7 Å². The van der Waals surface area contributed by atoms with E-state index in [1.165, 1.54) is 18.4 Å². The minimum absolute atomic E-state index is 0. The first-order chi connectivity index (χ1) is 13.7. The molecule has 0 spiro atoms. The summed E-state index contributed by atoms with van der Waals surface area (Å²) < 4.78 is 11.7. The molecule has 2 aromatic carbocycles. The van der Waals surface area contributed by atoms with Gasteiger partial charge in [0, 0.05) is 32.2 Å². The van der Waals surface area contributed by atoms with Crippen LogP contribution in [0.3, 0.4) is 0 Å². The number of benzene rings is 2. The number of methoxy groups -OCH3 is 1. The van der Waals surface area contributed by atoms with Gasteiger partial charge in [-0.2, -0.15) is 0 Å². The van der Waals surface area contributed by atoms with E-state index >= 15 is 0 Å². The Kier molecular flexibility index (Phi) is 12.2. The van der Waals surface area contributed by atoms with Gasteiger partial charge in [0.1, 0.15) is 6.61 Å². The fourth-order valence-corrected chi connectivity index (χ4v) is 3.79. The highest BCUT2D eigenvalue weighted by Crippen LogP contribution is 2.35. The lowest BCUT2D eigenvalue weighted by molar-refractivity contribution is 0.159. The third-order valence-electron chi connectivity index (χ3n) is 5.42. The predicted octanol–water partition coefficient (Wildman–Crippen LogP) is 5.50. The number of halogens is 2. The lowest BCUT2D eigenvalue weighted by atomic mass is 9.95. The topological polar surface area (TPSA) is 33.7 Å². The molecule has 6 heteroatoms. The second-order valence-electron chi connectivity index (χ2n) is 7.96. The van der Waals surface area contributed by atoms with E-state index in [1.807, 2.05) is 18.2 Å². The Balaban J connectivity index is 0.00000225. The van der Waals surface area contributed by atoms with Crippen molar-refractivity contribution in [1.29, 1.82) is 0 Å². The molecule has 0 saturated carbocycles. The van der Waals surface area contributed by atoms with Crippen LogP contribution < -0.4 is 14.8 Å². The molecule has 0 aliphatic carbocycles. The van der Waals surface area contributed by atoms with Crippen LogP contribution in [-0.2, 0) is 6.61 Å². The highest BCUT2D eigenvalue weighted by molar-refractivity contribution is 5.85. The molecule has 3 rings (SSSR count). The molecular weight excluding hydrogens is 419 g/mol. The minimum atomic E-state index is 0. The summed E-state index contributed by atoms with van der Waals surface area (Å²) in [6.07, 6.45) is 2.40. The van der Waals surface area contributed by atoms with E-state index in [1.54, 1.807) is 7.11 Å². The van der Waals surface area contributed by atoms with Crippen LogP contribution >= 0.6 is 24.8 Å². The molecule has 30 heavy (non-hydrogen) atoms. The monoisotopic (exact) mass is 454 g/mol. The zero-order valence-electron chi connectivity index (χ0n) is 18.3. The summed E-state index contributed by atoms with van der Waals surface area (Å²) in [7, 11) is 1.72. The third kappa shape index (κ3) is 7.66. The van der Waals surface area contributed by atoms with Crippen LogP contribution in [0.1, 0.15) is 43.9 Å². The number of nitrogens with zero attached hydrogens (tertiary/aromatic N) is 1. The summed E-state index contributed by atoms with van der Waals surface area (Å²) in [4.78, 5) is 2.61. The van der Waals surface area contributed by atoms with Crippen molar-refractivity contribution in [3.8, 4) is 11.5 Å². The first kappa shape index (κ1) is 26.6. The van der Waals surface area contributed by atoms with Crippen LogP contribution in [0.2, 0.25) is 0 Å². The van der Waals surface area contributed by atoms with Crippen molar-refractivity contribution in [3.63, 3.8) is 0 Å². The summed E-state index contributed by atoms with van der Waals surface area (Å²) in [6, 6.07) is 17.1. The molecule has 0 bridgehead atoms. The van der Waals surface area contributed by atoms with Crippen molar-refractivity contribution < 1.29 is 9.47 Å². The van der Waals surface area contributed by atoms with Crippen molar-refractivity contribution in [2.45, 2.75) is 39.3 Å². The van der Waals surface area contributed by atoms with Gasteiger partial charge in [-0.05, 0) is 42.0 Å². The number of hydrogen-bond acceptors (Lipinski definition) is 4. The smallest absolute Gasteiger partial charge is 0.161 e. The summed E-state index contributed by atoms with van der Waals surface area (Å²) in [5.74, 6) is 2.33. The van der Waals surface area contributed by atoms with Gasteiger partial charge in [0.15, 0.2) is 11.5 Å². The fourth-order valence-electron chi connectivity index (χ4n) is 3.79. The molecular formula is C24H36Cl2N2O2. The maximum Gasteiger partial charge on any atom is 0.161 e. The van der Waals surface area contributed by atoms with Gasteiger partial charge in [-0.3, -0.25) is 4.90 Å². The van der Waals surface area contributed by atoms with Gasteiger partial charge in [0.05, 0.1) is 7.11 Å². The van der Waals surface area contributed by atoms with Crippen LogP contribution in [0, 0.1) is 5.92 Å². The van der Waals surface area contributed by atoms with Gasteiger partial charge in [0.25, 0.3) is 0 Å². The average Bonchev–Trinajstić information content (AvgIpc) is 2.74. The molecule has 1 saturated heterocycles. The molecule has 0 aromatic heterocycles. The standard InChI is InChI=1S/C24H34N2O2.2ClH/c1-19(2)9-11-22(26-15-13-25-14-16-26)21-10-12-23(24(17-21)27-3)28-18-20-7-5-4-6-8-20;;/h4-8,10,12,17,19,22,25H,9,11,13-16,18H2,1-3H3;2*1H/t22-;;/m1../s1. The Hall–Kier alpha value is -1.46. The molecule has 4 nitrogen and oxygen atoms in total. The lowest BCUT2D eigenvalue weighted by Crippen LogP contribution is -2.45. The first-order valence-electron chi connectivity index (χ1n) is 10.5. The number of hydrogen-bond donors (Lipinski definition) is 1. The van der Waals surface area contributed by atoms with Crippen molar-refractivity contribution in [2.75, 3.05) is 33.3 Å². The number of piperazine rings is 1. The quantitative estimate of drug-likeness (QED) is 0.542. The van der Waals surface area contributed by atoms with Crippen LogP contribution in [0.5, 0.6) is 11.5 Å². The molecule has 1 aliphatic rings. The van der Waals surface area contributed by atoms with E-state index in [4.69, 9.17) is 9.47 Å². The van der Waals surface area contributed by atoms with E-state index < -0.39 is 0 Å². The molecule has 0 amide bonds. The fraction of sp³-hybridized carbons (Fsp3) is 0.500. The average molecular weight is 455 g/mol. The normalized spacial score (nSPS) is 15.1. The summed E-state index contributed by atoms with van der Waals surface area (Å²) in [6.45, 7) is 9.47. The summed E-state index contributed by atoms with van der Waals surface area (Å²) in [5.41, 5.74) is 2.48. The van der Waals surface area contributed by atoms with Gasteiger partial charge < -0.3 is 14.8 Å². The Morgan fingerprint density at radius 3 is 2.27 bits per heavy atom. The van der Waals surface area contributed by atoms with Crippen molar-refractivity contribution in [1.82, 2.24) is 10.2 Å². The molecule has 1 N–H and O–H groups in total. The Bertz CT molecular complexity index is 722. The SMILES string of the molecule is COc1cc([C@@H](CCC(C)C)N2CCNCC2)ccc1OCc1ccccc1.Cl.Cl. The molecule has 168 valence electrons. The zero-order chi connectivity index (χ0) is 19.8. The van der Waals surface area contributed by atoms with Crippen molar-refractivity contribution in [2.24, 2.45) is 5.92 Å². The van der Waals surface area contributed by atoms with E-state index in [0.717, 1.165) is 43.2 Å². The van der Waals surface area contributed by atoms with Gasteiger partial charge in [-0.1, -0.05) is 50.2 Å². The second kappa shape index (κ2) is 13.8. The van der Waals surface area contributed by atoms with Crippen LogP contribution in [0.15, 0.2) is 48.5 Å². The maximum atomic E-state index is 6.04. The Morgan fingerprint density at radius 2 is 1.63 bits per heavy atom. The number of rotatable bonds is 9. The summed E-state index contributed by atoms with van der Waals surface area (Å²) in [5, 5.41) is 3.46. The largest absolute Gasteiger partial charge is 0.493 e. The molecule has 0 unspecified atom stereocenters. The van der Waals surface area contributed by atoms with E-state index in [2.05, 4.69) is 54.4 Å². The van der Waals surface area contributed by atoms with Gasteiger partial charge in [-0.25, -0.2) is 0 Å². The van der Waals surface area contributed by atoms with Crippen LogP contribution in [-0.4, -0.2) is 38.2 Å². The van der Waals surface area contributed by atoms with Gasteiger partial charge in [0.2, 0.25) is 0 Å². The number of nitrogens with one attached hydrogen (secondary N) is 1. The molecule has 1 fully saturated rings. The number of ether oxygens (including phenoxy) is 2. The molecule has 1 heterocycles. The molecule has 2 aromatic rings. The Labute approximate surface area is 194 Å². The molecule has 1 aliphatic heterocycles. The van der Waals surface area contributed by atoms with E-state index in [9.17, 15) is 0 Å². The zero-order valence-corrected chi connectivity index (χ0v) is 19.9. The van der Waals surface area contributed by atoms with Crippen molar-refractivity contribution >= 4 is 24.8 Å². The van der Waals surface area contributed by atoms with E-state index in [-0.39, 0.29) is 24.8 Å². The lowest BCUT2D eigenvalue weighted by Gasteiger charge is -2.36. The maximum absolute atomic E-state index is 6.04. The van der Waals surface area contributed by atoms with E-state index in [0.29, 0.717) is 18.6 Å². The highest BCUT2D eigenvalue weighted by Gasteiger charge is 2.23. The summed E-state index contributed by atoms with van der Waals surface area (Å²) >= 11 is 0. The van der Waals surface area contributed by atoms with Gasteiger partial charge >= 0.3 is 0 Å². The first-order valence-corrected chi connectivity index (χ1v) is 10.5. The van der Waals surface area contributed by atoms with Crippen LogP contribution in [0.4, 0.5) is 0 Å². The minimum Gasteiger partial charge on any atom is -0.493 e. The van der Waals surface area contributed by atoms with Gasteiger partial charge in [-0.15, -0.1) is 24.8 Å². The second-order valence-corrected chi connectivity index (χ2v) is 7.96. The highest BCUT2D eigenvalue weighted by atomic mass is 35.5. The van der Waals surface area contributed by atoms with Crippen LogP contribution in [0.25, 0.3) is 0 Å². The predicted molar refractivity (Wildman–Crippen MR) is 130 cm³/mol. The Morgan fingerprint density at radius 1 is 0.933 bits per heavy atom. The molecule has 0 radical (unpaired) electrons. The molecule has 1 atom stereocenters.